The Balaban J connectivity index is 2.32. The van der Waals surface area contributed by atoms with Gasteiger partial charge in [0.2, 0.25) is 0 Å². The molecular weight excluding hydrogens is 188 g/mol. The highest BCUT2D eigenvalue weighted by molar-refractivity contribution is 5.23. The van der Waals surface area contributed by atoms with Gasteiger partial charge >= 0.3 is 0 Å². The van der Waals surface area contributed by atoms with E-state index in [4.69, 9.17) is 0 Å². The molecule has 0 aliphatic rings. The Morgan fingerprint density at radius 1 is 1.33 bits per heavy atom. The maximum Gasteiger partial charge on any atom is 0.158 e. The van der Waals surface area contributed by atoms with Crippen LogP contribution in [-0.4, -0.2) is 20.2 Å². The second-order valence-electron chi connectivity index (χ2n) is 3.39. The van der Waals surface area contributed by atoms with Crippen LogP contribution in [0.5, 0.6) is 0 Å². The molecule has 4 nitrogen and oxygen atoms in total. The van der Waals surface area contributed by atoms with Crippen molar-refractivity contribution >= 4 is 0 Å². The van der Waals surface area contributed by atoms with E-state index in [1.54, 1.807) is 4.68 Å². The summed E-state index contributed by atoms with van der Waals surface area (Å²) in [7, 11) is 0. The highest BCUT2D eigenvalue weighted by Gasteiger charge is 2.14. The van der Waals surface area contributed by atoms with E-state index < -0.39 is 0 Å². The molecule has 15 heavy (non-hydrogen) atoms. The molecule has 1 aromatic heterocycles. The van der Waals surface area contributed by atoms with Crippen LogP contribution >= 0.6 is 0 Å². The van der Waals surface area contributed by atoms with E-state index in [9.17, 15) is 0 Å². The molecule has 0 spiro atoms. The van der Waals surface area contributed by atoms with Crippen LogP contribution in [0.4, 0.5) is 0 Å². The lowest BCUT2D eigenvalue weighted by Gasteiger charge is -2.10. The molecule has 0 fully saturated rings. The molecule has 4 heteroatoms. The number of aromatic nitrogens is 4. The largest absolute Gasteiger partial charge is 0.229 e. The van der Waals surface area contributed by atoms with Crippen molar-refractivity contribution in [2.24, 2.45) is 0 Å². The molecule has 0 saturated carbocycles. The summed E-state index contributed by atoms with van der Waals surface area (Å²) in [5.41, 5.74) is 1.21. The Kier molecular flexibility index (Phi) is 2.76. The molecular formula is C11H13N4. The van der Waals surface area contributed by atoms with Crippen LogP contribution in [0.3, 0.4) is 0 Å². The molecule has 0 N–H and O–H groups in total. The van der Waals surface area contributed by atoms with Crippen LogP contribution in [0, 0.1) is 6.92 Å². The molecule has 0 bridgehead atoms. The minimum atomic E-state index is 0.197. The van der Waals surface area contributed by atoms with Gasteiger partial charge in [-0.15, -0.1) is 5.10 Å². The number of benzene rings is 1. The smallest absolute Gasteiger partial charge is 0.158 e. The van der Waals surface area contributed by atoms with Crippen LogP contribution in [0.25, 0.3) is 0 Å². The average molecular weight is 201 g/mol. The van der Waals surface area contributed by atoms with Crippen molar-refractivity contribution in [3.05, 3.63) is 48.6 Å². The minimum absolute atomic E-state index is 0.197. The monoisotopic (exact) mass is 201 g/mol. The molecule has 0 aliphatic carbocycles. The lowest BCUT2D eigenvalue weighted by atomic mass is 10.0. The number of hydrogen-bond donors (Lipinski definition) is 0. The summed E-state index contributed by atoms with van der Waals surface area (Å²) >= 11 is 0. The first-order valence-electron chi connectivity index (χ1n) is 4.93. The van der Waals surface area contributed by atoms with Crippen molar-refractivity contribution < 1.29 is 0 Å². The third-order valence-electron chi connectivity index (χ3n) is 2.46. The van der Waals surface area contributed by atoms with Crippen LogP contribution in [0.15, 0.2) is 30.3 Å². The zero-order chi connectivity index (χ0) is 10.7. The van der Waals surface area contributed by atoms with E-state index in [-0.39, 0.29) is 5.92 Å². The molecule has 1 radical (unpaired) electrons. The van der Waals surface area contributed by atoms with Gasteiger partial charge < -0.3 is 0 Å². The molecule has 1 unspecified atom stereocenters. The fourth-order valence-electron chi connectivity index (χ4n) is 1.57. The Hall–Kier alpha value is -1.71. The van der Waals surface area contributed by atoms with Crippen molar-refractivity contribution in [2.75, 3.05) is 0 Å². The molecule has 77 valence electrons. The Labute approximate surface area is 88.9 Å². The van der Waals surface area contributed by atoms with Crippen LogP contribution < -0.4 is 0 Å². The van der Waals surface area contributed by atoms with Gasteiger partial charge in [-0.05, 0) is 22.9 Å². The van der Waals surface area contributed by atoms with Gasteiger partial charge in [-0.25, -0.2) is 4.68 Å². The third-order valence-corrected chi connectivity index (χ3v) is 2.46. The second kappa shape index (κ2) is 4.21. The lowest BCUT2D eigenvalue weighted by Crippen LogP contribution is -2.08. The first-order chi connectivity index (χ1) is 7.33. The van der Waals surface area contributed by atoms with Gasteiger partial charge in [0.25, 0.3) is 0 Å². The summed E-state index contributed by atoms with van der Waals surface area (Å²) in [5.74, 6) is 1.05. The third kappa shape index (κ3) is 1.88. The molecule has 0 amide bonds. The maximum absolute atomic E-state index is 4.03. The zero-order valence-electron chi connectivity index (χ0n) is 8.67. The summed E-state index contributed by atoms with van der Waals surface area (Å²) in [6.07, 6.45) is 0. The van der Waals surface area contributed by atoms with Crippen LogP contribution in [0.2, 0.25) is 0 Å². The summed E-state index contributed by atoms with van der Waals surface area (Å²) in [6, 6.07) is 10.2. The summed E-state index contributed by atoms with van der Waals surface area (Å²) in [6.45, 7) is 6.43. The van der Waals surface area contributed by atoms with Gasteiger partial charge in [0, 0.05) is 12.5 Å². The first-order valence-corrected chi connectivity index (χ1v) is 4.93. The summed E-state index contributed by atoms with van der Waals surface area (Å²) in [4.78, 5) is 0. The van der Waals surface area contributed by atoms with Crippen molar-refractivity contribution in [3.63, 3.8) is 0 Å². The Bertz CT molecular complexity index is 421. The predicted molar refractivity (Wildman–Crippen MR) is 57.1 cm³/mol. The molecule has 1 heterocycles. The molecule has 2 rings (SSSR count). The van der Waals surface area contributed by atoms with Crippen LogP contribution in [-0.2, 0) is 6.54 Å². The van der Waals surface area contributed by atoms with Gasteiger partial charge in [-0.3, -0.25) is 0 Å². The summed E-state index contributed by atoms with van der Waals surface area (Å²) < 4.78 is 1.72. The van der Waals surface area contributed by atoms with E-state index in [2.05, 4.69) is 41.5 Å². The lowest BCUT2D eigenvalue weighted by molar-refractivity contribution is 0.613. The topological polar surface area (TPSA) is 43.6 Å². The van der Waals surface area contributed by atoms with E-state index in [0.29, 0.717) is 6.54 Å². The minimum Gasteiger partial charge on any atom is -0.229 e. The zero-order valence-corrected chi connectivity index (χ0v) is 8.67. The second-order valence-corrected chi connectivity index (χ2v) is 3.39. The van der Waals surface area contributed by atoms with Gasteiger partial charge in [0.15, 0.2) is 5.82 Å². The Morgan fingerprint density at radius 2 is 2.07 bits per heavy atom. The quantitative estimate of drug-likeness (QED) is 0.758. The SMILES string of the molecule is [CH2]Cn1nnnc1C(C)c1ccccc1. The van der Waals surface area contributed by atoms with Gasteiger partial charge in [0.05, 0.1) is 0 Å². The number of rotatable bonds is 3. The summed E-state index contributed by atoms with van der Waals surface area (Å²) in [5, 5.41) is 11.6. The fourth-order valence-corrected chi connectivity index (χ4v) is 1.57. The number of tetrazole rings is 1. The number of hydrogen-bond acceptors (Lipinski definition) is 3. The maximum atomic E-state index is 4.03. The highest BCUT2D eigenvalue weighted by atomic mass is 15.5. The molecule has 2 aromatic rings. The van der Waals surface area contributed by atoms with Crippen molar-refractivity contribution in [1.29, 1.82) is 0 Å². The first kappa shape index (κ1) is 9.83. The van der Waals surface area contributed by atoms with Gasteiger partial charge in [-0.1, -0.05) is 37.3 Å². The van der Waals surface area contributed by atoms with E-state index in [1.165, 1.54) is 5.56 Å². The Morgan fingerprint density at radius 3 is 2.73 bits per heavy atom. The van der Waals surface area contributed by atoms with E-state index in [0.717, 1.165) is 5.82 Å². The average Bonchev–Trinajstić information content (AvgIpc) is 2.77. The standard InChI is InChI=1S/C11H13N4/c1-3-15-11(12-13-14-15)9(2)10-7-5-4-6-8-10/h4-9H,1,3H2,2H3. The molecule has 0 saturated heterocycles. The predicted octanol–water partition coefficient (Wildman–Crippen LogP) is 1.66. The van der Waals surface area contributed by atoms with Gasteiger partial charge in [0.1, 0.15) is 0 Å². The molecule has 0 aliphatic heterocycles. The fraction of sp³-hybridized carbons (Fsp3) is 0.273. The van der Waals surface area contributed by atoms with Crippen molar-refractivity contribution in [2.45, 2.75) is 19.4 Å². The van der Waals surface area contributed by atoms with Gasteiger partial charge in [-0.2, -0.15) is 0 Å². The van der Waals surface area contributed by atoms with Crippen LogP contribution in [0.1, 0.15) is 24.2 Å². The normalized spacial score (nSPS) is 12.7. The number of nitrogens with zero attached hydrogens (tertiary/aromatic N) is 4. The van der Waals surface area contributed by atoms with Crippen molar-refractivity contribution in [3.8, 4) is 0 Å². The molecule has 1 aromatic carbocycles. The van der Waals surface area contributed by atoms with E-state index in [1.807, 2.05) is 18.2 Å². The highest BCUT2D eigenvalue weighted by Crippen LogP contribution is 2.20. The van der Waals surface area contributed by atoms with Crippen molar-refractivity contribution in [1.82, 2.24) is 20.2 Å². The van der Waals surface area contributed by atoms with E-state index >= 15 is 0 Å². The molecule has 1 atom stereocenters.